The molecule has 1 fully saturated rings. The molecule has 2 N–H and O–H groups in total. The number of hydrogen-bond acceptors (Lipinski definition) is 4. The van der Waals surface area contributed by atoms with Crippen LogP contribution in [0.4, 0.5) is 14.5 Å². The van der Waals surface area contributed by atoms with E-state index in [9.17, 15) is 9.59 Å². The number of hydrogen-bond donors (Lipinski definition) is 2. The van der Waals surface area contributed by atoms with Gasteiger partial charge in [0.1, 0.15) is 18.2 Å². The second-order valence-electron chi connectivity index (χ2n) is 8.41. The van der Waals surface area contributed by atoms with Crippen LogP contribution < -0.4 is 10.6 Å². The van der Waals surface area contributed by atoms with E-state index < -0.39 is 17.2 Å². The van der Waals surface area contributed by atoms with Crippen molar-refractivity contribution >= 4 is 51.6 Å². The molecule has 1 saturated heterocycles. The monoisotopic (exact) mass is 521 g/mol. The SMILES string of the molecule is C=CC(=O)N1CC[C@@](Nc2cc(F)c3c(C)n(CC(=O)NC)nc3c2)(c2c(F)ccc(Cl)c2Cl)C1. The van der Waals surface area contributed by atoms with Gasteiger partial charge >= 0.3 is 0 Å². The molecule has 1 aliphatic rings. The summed E-state index contributed by atoms with van der Waals surface area (Å²) in [6, 6.07) is 5.45. The Hall–Kier alpha value is -3.17. The second-order valence-corrected chi connectivity index (χ2v) is 9.19. The van der Waals surface area contributed by atoms with Gasteiger partial charge in [-0.15, -0.1) is 0 Å². The zero-order valence-electron chi connectivity index (χ0n) is 19.1. The van der Waals surface area contributed by atoms with Crippen LogP contribution in [-0.2, 0) is 21.7 Å². The van der Waals surface area contributed by atoms with Gasteiger partial charge in [-0.05, 0) is 43.7 Å². The molecule has 0 bridgehead atoms. The average molecular weight is 522 g/mol. The lowest BCUT2D eigenvalue weighted by molar-refractivity contribution is -0.125. The van der Waals surface area contributed by atoms with Crippen LogP contribution in [0.5, 0.6) is 0 Å². The Morgan fingerprint density at radius 1 is 1.26 bits per heavy atom. The van der Waals surface area contributed by atoms with E-state index in [1.165, 1.54) is 40.9 Å². The van der Waals surface area contributed by atoms with E-state index in [0.717, 1.165) is 0 Å². The number of likely N-dealkylation sites (tertiary alicyclic amines) is 1. The maximum Gasteiger partial charge on any atom is 0.246 e. The number of aromatic nitrogens is 2. The maximum atomic E-state index is 15.2. The van der Waals surface area contributed by atoms with Gasteiger partial charge in [0.15, 0.2) is 0 Å². The Balaban J connectivity index is 1.81. The number of nitrogens with one attached hydrogen (secondary N) is 2. The molecule has 11 heteroatoms. The molecule has 2 aromatic carbocycles. The summed E-state index contributed by atoms with van der Waals surface area (Å²) in [5.74, 6) is -1.76. The molecule has 0 spiro atoms. The number of amides is 2. The fourth-order valence-electron chi connectivity index (χ4n) is 4.54. The van der Waals surface area contributed by atoms with Crippen molar-refractivity contribution in [1.29, 1.82) is 0 Å². The first-order valence-electron chi connectivity index (χ1n) is 10.8. The normalized spacial score (nSPS) is 17.6. The Kier molecular flexibility index (Phi) is 6.75. The first-order valence-corrected chi connectivity index (χ1v) is 11.6. The van der Waals surface area contributed by atoms with Crippen molar-refractivity contribution in [1.82, 2.24) is 20.0 Å². The predicted molar refractivity (Wildman–Crippen MR) is 132 cm³/mol. The molecule has 2 amide bonds. The maximum absolute atomic E-state index is 15.2. The van der Waals surface area contributed by atoms with Crippen molar-refractivity contribution in [2.45, 2.75) is 25.4 Å². The zero-order chi connectivity index (χ0) is 25.5. The van der Waals surface area contributed by atoms with Crippen molar-refractivity contribution in [3.05, 3.63) is 69.9 Å². The minimum Gasteiger partial charge on any atom is -0.373 e. The van der Waals surface area contributed by atoms with Gasteiger partial charge in [0.25, 0.3) is 0 Å². The molecule has 35 heavy (non-hydrogen) atoms. The molecule has 7 nitrogen and oxygen atoms in total. The Bertz CT molecular complexity index is 1360. The topological polar surface area (TPSA) is 79.3 Å². The standard InChI is InChI=1S/C24H23Cl2F2N5O2/c1-4-20(35)32-8-7-24(12-32,22-16(27)6-5-15(25)23(22)26)30-14-9-17(28)21-13(2)33(11-19(34)29-3)31-18(21)10-14/h4-6,9-10,30H,1,7-8,11-12H2,2-3H3,(H,29,34)/t24-/m0/s1. The molecule has 184 valence electrons. The molecule has 1 aliphatic heterocycles. The van der Waals surface area contributed by atoms with Crippen LogP contribution in [0.3, 0.4) is 0 Å². The smallest absolute Gasteiger partial charge is 0.246 e. The highest BCUT2D eigenvalue weighted by atomic mass is 35.5. The number of carbonyl (C=O) groups is 2. The zero-order valence-corrected chi connectivity index (χ0v) is 20.6. The number of fused-ring (bicyclic) bond motifs is 1. The fraction of sp³-hybridized carbons (Fsp3) is 0.292. The Morgan fingerprint density at radius 2 is 2.00 bits per heavy atom. The van der Waals surface area contributed by atoms with Crippen molar-refractivity contribution in [3.63, 3.8) is 0 Å². The molecule has 2 heterocycles. The largest absolute Gasteiger partial charge is 0.373 e. The first kappa shape index (κ1) is 24.9. The third kappa shape index (κ3) is 4.46. The van der Waals surface area contributed by atoms with Crippen LogP contribution in [-0.4, -0.2) is 46.6 Å². The third-order valence-electron chi connectivity index (χ3n) is 6.28. The van der Waals surface area contributed by atoms with Crippen LogP contribution in [0.25, 0.3) is 10.9 Å². The molecule has 0 unspecified atom stereocenters. The summed E-state index contributed by atoms with van der Waals surface area (Å²) in [4.78, 5) is 25.7. The number of benzene rings is 2. The van der Waals surface area contributed by atoms with Crippen LogP contribution >= 0.6 is 23.2 Å². The van der Waals surface area contributed by atoms with E-state index in [4.69, 9.17) is 23.2 Å². The summed E-state index contributed by atoms with van der Waals surface area (Å²) in [6.07, 6.45) is 1.47. The van der Waals surface area contributed by atoms with Crippen LogP contribution in [0, 0.1) is 18.6 Å². The van der Waals surface area contributed by atoms with Gasteiger partial charge < -0.3 is 15.5 Å². The molecule has 0 aliphatic carbocycles. The van der Waals surface area contributed by atoms with Crippen LogP contribution in [0.15, 0.2) is 36.9 Å². The van der Waals surface area contributed by atoms with E-state index in [1.54, 1.807) is 13.0 Å². The lowest BCUT2D eigenvalue weighted by atomic mass is 9.87. The molecule has 0 saturated carbocycles. The van der Waals surface area contributed by atoms with Crippen LogP contribution in [0.2, 0.25) is 10.0 Å². The van der Waals surface area contributed by atoms with Gasteiger partial charge in [0, 0.05) is 37.1 Å². The second kappa shape index (κ2) is 9.47. The van der Waals surface area contributed by atoms with Gasteiger partial charge in [-0.3, -0.25) is 14.3 Å². The van der Waals surface area contributed by atoms with Crippen molar-refractivity contribution in [2.24, 2.45) is 0 Å². The van der Waals surface area contributed by atoms with E-state index in [1.807, 2.05) is 0 Å². The molecule has 0 radical (unpaired) electrons. The molecule has 3 aromatic rings. The molecule has 4 rings (SSSR count). The summed E-state index contributed by atoms with van der Waals surface area (Å²) in [5, 5.41) is 10.6. The highest BCUT2D eigenvalue weighted by Gasteiger charge is 2.44. The van der Waals surface area contributed by atoms with Crippen molar-refractivity contribution in [3.8, 4) is 0 Å². The number of carbonyl (C=O) groups excluding carboxylic acids is 2. The summed E-state index contributed by atoms with van der Waals surface area (Å²) in [7, 11) is 1.50. The quantitative estimate of drug-likeness (QED) is 0.372. The molecule has 1 aromatic heterocycles. The highest BCUT2D eigenvalue weighted by molar-refractivity contribution is 6.42. The number of anilines is 1. The predicted octanol–water partition coefficient (Wildman–Crippen LogP) is 4.40. The highest BCUT2D eigenvalue weighted by Crippen LogP contribution is 2.43. The Labute approximate surface area is 210 Å². The first-order chi connectivity index (χ1) is 16.6. The number of nitrogens with zero attached hydrogens (tertiary/aromatic N) is 3. The number of aryl methyl sites for hydroxylation is 1. The fourth-order valence-corrected chi connectivity index (χ4v) is 5.03. The number of likely N-dealkylation sites (N-methyl/N-ethyl adjacent to an activating group) is 1. The lowest BCUT2D eigenvalue weighted by Gasteiger charge is -2.33. The molecular formula is C24H23Cl2F2N5O2. The van der Waals surface area contributed by atoms with Crippen molar-refractivity contribution < 1.29 is 18.4 Å². The van der Waals surface area contributed by atoms with E-state index in [-0.39, 0.29) is 52.3 Å². The van der Waals surface area contributed by atoms with Gasteiger partial charge in [0.05, 0.1) is 26.5 Å². The summed E-state index contributed by atoms with van der Waals surface area (Å²) in [6.45, 7) is 5.48. The number of halogens is 4. The van der Waals surface area contributed by atoms with E-state index in [2.05, 4.69) is 22.3 Å². The van der Waals surface area contributed by atoms with Gasteiger partial charge in [0.2, 0.25) is 11.8 Å². The van der Waals surface area contributed by atoms with Gasteiger partial charge in [-0.1, -0.05) is 29.8 Å². The molecule has 1 atom stereocenters. The third-order valence-corrected chi connectivity index (χ3v) is 7.09. The van der Waals surface area contributed by atoms with Gasteiger partial charge in [-0.2, -0.15) is 5.10 Å². The summed E-state index contributed by atoms with van der Waals surface area (Å²) >= 11 is 12.6. The van der Waals surface area contributed by atoms with Crippen LogP contribution in [0.1, 0.15) is 17.7 Å². The Morgan fingerprint density at radius 3 is 2.69 bits per heavy atom. The van der Waals surface area contributed by atoms with Crippen molar-refractivity contribution in [2.75, 3.05) is 25.5 Å². The summed E-state index contributed by atoms with van der Waals surface area (Å²) < 4.78 is 31.8. The average Bonchev–Trinajstić information content (AvgIpc) is 3.37. The lowest BCUT2D eigenvalue weighted by Crippen LogP contribution is -2.41. The number of rotatable bonds is 6. The minimum absolute atomic E-state index is 0.0133. The summed E-state index contributed by atoms with van der Waals surface area (Å²) in [5.41, 5.74) is 0.0225. The molecular weight excluding hydrogens is 499 g/mol. The van der Waals surface area contributed by atoms with E-state index in [0.29, 0.717) is 23.4 Å². The van der Waals surface area contributed by atoms with E-state index >= 15 is 8.78 Å². The minimum atomic E-state index is -1.19. The van der Waals surface area contributed by atoms with Gasteiger partial charge in [-0.25, -0.2) is 8.78 Å².